The third-order valence-electron chi connectivity index (χ3n) is 5.28. The molecule has 1 atom stereocenters. The highest BCUT2D eigenvalue weighted by atomic mass is 16.5. The Bertz CT molecular complexity index is 535. The van der Waals surface area contributed by atoms with E-state index < -0.39 is 0 Å². The molecule has 1 unspecified atom stereocenters. The topological polar surface area (TPSA) is 71.3 Å². The fourth-order valence-corrected chi connectivity index (χ4v) is 3.71. The number of piperidine rings is 1. The first-order valence-corrected chi connectivity index (χ1v) is 10.2. The summed E-state index contributed by atoms with van der Waals surface area (Å²) < 4.78 is 16.0. The highest BCUT2D eigenvalue weighted by Gasteiger charge is 2.24. The van der Waals surface area contributed by atoms with Gasteiger partial charge in [-0.1, -0.05) is 0 Å². The van der Waals surface area contributed by atoms with Crippen molar-refractivity contribution in [3.05, 3.63) is 24.2 Å². The number of nitrogens with zero attached hydrogens (tertiary/aromatic N) is 2. The third-order valence-corrected chi connectivity index (χ3v) is 5.28. The van der Waals surface area contributed by atoms with Gasteiger partial charge in [0.25, 0.3) is 0 Å². The number of guanidine groups is 1. The number of ether oxygens (including phenoxy) is 2. The predicted octanol–water partition coefficient (Wildman–Crippen LogP) is 1.50. The molecule has 0 saturated carbocycles. The third kappa shape index (κ3) is 7.16. The van der Waals surface area contributed by atoms with Crippen LogP contribution in [0.3, 0.4) is 0 Å². The molecule has 152 valence electrons. The summed E-state index contributed by atoms with van der Waals surface area (Å²) in [7, 11) is 1.71. The second-order valence-electron chi connectivity index (χ2n) is 7.43. The van der Waals surface area contributed by atoms with E-state index in [1.165, 1.54) is 13.0 Å². The van der Waals surface area contributed by atoms with E-state index in [4.69, 9.17) is 13.9 Å². The number of aliphatic imine (C=N–C) groups is 1. The van der Waals surface area contributed by atoms with Crippen molar-refractivity contribution < 1.29 is 13.9 Å². The Kier molecular flexibility index (Phi) is 8.45. The largest absolute Gasteiger partial charge is 0.469 e. The molecule has 2 aliphatic heterocycles. The first kappa shape index (κ1) is 20.2. The zero-order valence-corrected chi connectivity index (χ0v) is 16.5. The minimum absolute atomic E-state index is 0.471. The van der Waals surface area contributed by atoms with Gasteiger partial charge in [0.05, 0.1) is 26.0 Å². The van der Waals surface area contributed by atoms with Gasteiger partial charge in [-0.15, -0.1) is 0 Å². The SMILES string of the molecule is COCCN=C(NCCc1ccco1)NC1CCN(CC2CCOC2)CC1. The molecule has 3 heterocycles. The van der Waals surface area contributed by atoms with E-state index >= 15 is 0 Å². The number of rotatable bonds is 9. The molecule has 27 heavy (non-hydrogen) atoms. The molecule has 0 bridgehead atoms. The number of hydrogen-bond donors (Lipinski definition) is 2. The number of furan rings is 1. The molecule has 7 nitrogen and oxygen atoms in total. The Balaban J connectivity index is 1.40. The maximum Gasteiger partial charge on any atom is 0.191 e. The van der Waals surface area contributed by atoms with Crippen LogP contribution in [0.1, 0.15) is 25.0 Å². The van der Waals surface area contributed by atoms with Crippen molar-refractivity contribution in [3.63, 3.8) is 0 Å². The van der Waals surface area contributed by atoms with Crippen molar-refractivity contribution in [2.45, 2.75) is 31.7 Å². The highest BCUT2D eigenvalue weighted by molar-refractivity contribution is 5.80. The fraction of sp³-hybridized carbons (Fsp3) is 0.750. The van der Waals surface area contributed by atoms with Crippen LogP contribution in [0.2, 0.25) is 0 Å². The number of hydrogen-bond acceptors (Lipinski definition) is 5. The van der Waals surface area contributed by atoms with Crippen LogP contribution in [-0.4, -0.2) is 76.6 Å². The van der Waals surface area contributed by atoms with Crippen LogP contribution >= 0.6 is 0 Å². The van der Waals surface area contributed by atoms with Gasteiger partial charge in [-0.05, 0) is 37.3 Å². The van der Waals surface area contributed by atoms with E-state index in [9.17, 15) is 0 Å². The molecule has 1 aromatic heterocycles. The Labute approximate surface area is 162 Å². The molecule has 0 spiro atoms. The summed E-state index contributed by atoms with van der Waals surface area (Å²) in [5, 5.41) is 7.04. The molecule has 7 heteroatoms. The fourth-order valence-electron chi connectivity index (χ4n) is 3.71. The second-order valence-corrected chi connectivity index (χ2v) is 7.43. The molecular formula is C20H34N4O3. The molecule has 2 aliphatic rings. The molecule has 0 aliphatic carbocycles. The van der Waals surface area contributed by atoms with E-state index in [1.807, 2.05) is 12.1 Å². The second kappa shape index (κ2) is 11.3. The quantitative estimate of drug-likeness (QED) is 0.386. The molecular weight excluding hydrogens is 344 g/mol. The lowest BCUT2D eigenvalue weighted by Crippen LogP contribution is -2.49. The van der Waals surface area contributed by atoms with Crippen LogP contribution < -0.4 is 10.6 Å². The van der Waals surface area contributed by atoms with E-state index in [-0.39, 0.29) is 0 Å². The van der Waals surface area contributed by atoms with E-state index in [2.05, 4.69) is 20.5 Å². The van der Waals surface area contributed by atoms with Gasteiger partial charge in [-0.3, -0.25) is 4.99 Å². The molecule has 2 N–H and O–H groups in total. The summed E-state index contributed by atoms with van der Waals surface area (Å²) in [5.41, 5.74) is 0. The lowest BCUT2D eigenvalue weighted by atomic mass is 10.0. The van der Waals surface area contributed by atoms with Crippen LogP contribution in [0, 0.1) is 5.92 Å². The molecule has 2 fully saturated rings. The van der Waals surface area contributed by atoms with Crippen LogP contribution in [0.15, 0.2) is 27.8 Å². The molecule has 2 saturated heterocycles. The summed E-state index contributed by atoms with van der Waals surface area (Å²) in [6.07, 6.45) is 6.08. The minimum atomic E-state index is 0.471. The van der Waals surface area contributed by atoms with E-state index in [0.717, 1.165) is 69.7 Å². The van der Waals surface area contributed by atoms with Crippen molar-refractivity contribution >= 4 is 5.96 Å². The Morgan fingerprint density at radius 2 is 2.22 bits per heavy atom. The first-order chi connectivity index (χ1) is 13.3. The zero-order valence-electron chi connectivity index (χ0n) is 16.5. The summed E-state index contributed by atoms with van der Waals surface area (Å²) >= 11 is 0. The van der Waals surface area contributed by atoms with Crippen LogP contribution in [0.25, 0.3) is 0 Å². The summed E-state index contributed by atoms with van der Waals surface area (Å²) in [6.45, 7) is 7.44. The summed E-state index contributed by atoms with van der Waals surface area (Å²) in [6, 6.07) is 4.40. The van der Waals surface area contributed by atoms with Gasteiger partial charge in [0, 0.05) is 52.4 Å². The van der Waals surface area contributed by atoms with Gasteiger partial charge >= 0.3 is 0 Å². The maximum absolute atomic E-state index is 5.50. The monoisotopic (exact) mass is 378 g/mol. The number of likely N-dealkylation sites (tertiary alicyclic amines) is 1. The summed E-state index contributed by atoms with van der Waals surface area (Å²) in [5.74, 6) is 2.59. The van der Waals surface area contributed by atoms with E-state index in [0.29, 0.717) is 19.2 Å². The standard InChI is InChI=1S/C20H34N4O3/c1-25-14-9-22-20(21-8-4-19-3-2-12-27-19)23-18-5-10-24(11-6-18)15-17-7-13-26-16-17/h2-3,12,17-18H,4-11,13-16H2,1H3,(H2,21,22,23). The van der Waals surface area contributed by atoms with Crippen molar-refractivity contribution in [3.8, 4) is 0 Å². The Morgan fingerprint density at radius 3 is 2.93 bits per heavy atom. The minimum Gasteiger partial charge on any atom is -0.469 e. The van der Waals surface area contributed by atoms with Crippen LogP contribution in [-0.2, 0) is 15.9 Å². The van der Waals surface area contributed by atoms with Gasteiger partial charge in [-0.25, -0.2) is 0 Å². The average molecular weight is 379 g/mol. The summed E-state index contributed by atoms with van der Waals surface area (Å²) in [4.78, 5) is 7.22. The normalized spacial score (nSPS) is 22.3. The van der Waals surface area contributed by atoms with Gasteiger partial charge in [0.15, 0.2) is 5.96 Å². The van der Waals surface area contributed by atoms with Crippen molar-refractivity contribution in [1.29, 1.82) is 0 Å². The Hall–Kier alpha value is -1.57. The molecule has 3 rings (SSSR count). The predicted molar refractivity (Wildman–Crippen MR) is 106 cm³/mol. The lowest BCUT2D eigenvalue weighted by Gasteiger charge is -2.34. The van der Waals surface area contributed by atoms with Crippen molar-refractivity contribution in [1.82, 2.24) is 15.5 Å². The van der Waals surface area contributed by atoms with Crippen molar-refractivity contribution in [2.24, 2.45) is 10.9 Å². The highest BCUT2D eigenvalue weighted by Crippen LogP contribution is 2.17. The Morgan fingerprint density at radius 1 is 1.33 bits per heavy atom. The molecule has 1 aromatic rings. The van der Waals surface area contributed by atoms with Gasteiger partial charge in [0.1, 0.15) is 5.76 Å². The van der Waals surface area contributed by atoms with Crippen molar-refractivity contribution in [2.75, 3.05) is 59.7 Å². The van der Waals surface area contributed by atoms with E-state index in [1.54, 1.807) is 13.4 Å². The number of nitrogens with one attached hydrogen (secondary N) is 2. The van der Waals surface area contributed by atoms with Gasteiger partial charge in [0.2, 0.25) is 0 Å². The molecule has 0 radical (unpaired) electrons. The zero-order chi connectivity index (χ0) is 18.7. The van der Waals surface area contributed by atoms with Gasteiger partial charge < -0.3 is 29.4 Å². The maximum atomic E-state index is 5.50. The molecule has 0 amide bonds. The van der Waals surface area contributed by atoms with Crippen LogP contribution in [0.5, 0.6) is 0 Å². The smallest absolute Gasteiger partial charge is 0.191 e. The number of methoxy groups -OCH3 is 1. The first-order valence-electron chi connectivity index (χ1n) is 10.2. The van der Waals surface area contributed by atoms with Crippen LogP contribution in [0.4, 0.5) is 0 Å². The molecule has 0 aromatic carbocycles. The average Bonchev–Trinajstić information content (AvgIpc) is 3.37. The van der Waals surface area contributed by atoms with Gasteiger partial charge in [-0.2, -0.15) is 0 Å². The lowest BCUT2D eigenvalue weighted by molar-refractivity contribution is 0.150.